The van der Waals surface area contributed by atoms with Crippen LogP contribution < -0.4 is 0 Å². The normalized spacial score (nSPS) is 11.8. The van der Waals surface area contributed by atoms with E-state index < -0.39 is 0 Å². The lowest BCUT2D eigenvalue weighted by atomic mass is 9.97. The van der Waals surface area contributed by atoms with Gasteiger partial charge in [-0.1, -0.05) is 94.4 Å². The fourth-order valence-corrected chi connectivity index (χ4v) is 2.78. The standard InChI is InChI=1S/C21H34/c1-3-5-7-9-12-16-20(15-11-8-6-4-2)19-21-17-13-10-14-18-21/h10,13-14,16-18H,3-9,11-12,15,19H2,1-2H3/b20-16+. The molecule has 0 saturated carbocycles. The zero-order valence-corrected chi connectivity index (χ0v) is 14.2. The van der Waals surface area contributed by atoms with Gasteiger partial charge >= 0.3 is 0 Å². The van der Waals surface area contributed by atoms with Gasteiger partial charge in [0.25, 0.3) is 0 Å². The molecule has 0 nitrogen and oxygen atoms in total. The molecule has 1 rings (SSSR count). The van der Waals surface area contributed by atoms with Crippen LogP contribution in [0.1, 0.15) is 83.6 Å². The molecule has 1 aromatic rings. The Hall–Kier alpha value is -1.04. The van der Waals surface area contributed by atoms with Gasteiger partial charge < -0.3 is 0 Å². The summed E-state index contributed by atoms with van der Waals surface area (Å²) in [4.78, 5) is 0. The van der Waals surface area contributed by atoms with E-state index >= 15 is 0 Å². The summed E-state index contributed by atoms with van der Waals surface area (Å²) >= 11 is 0. The second kappa shape index (κ2) is 12.7. The Morgan fingerprint density at radius 3 is 2.14 bits per heavy atom. The molecule has 0 unspecified atom stereocenters. The van der Waals surface area contributed by atoms with Crippen LogP contribution in [0.3, 0.4) is 0 Å². The third-order valence-corrected chi connectivity index (χ3v) is 4.12. The molecule has 0 fully saturated rings. The van der Waals surface area contributed by atoms with Crippen LogP contribution in [0.5, 0.6) is 0 Å². The molecule has 0 aliphatic heterocycles. The van der Waals surface area contributed by atoms with E-state index in [1.54, 1.807) is 5.57 Å². The van der Waals surface area contributed by atoms with Crippen LogP contribution >= 0.6 is 0 Å². The van der Waals surface area contributed by atoms with Crippen molar-refractivity contribution in [2.45, 2.75) is 84.5 Å². The molecule has 0 saturated heterocycles. The van der Waals surface area contributed by atoms with Gasteiger partial charge in [-0.25, -0.2) is 0 Å². The summed E-state index contributed by atoms with van der Waals surface area (Å²) in [5.74, 6) is 0. The van der Waals surface area contributed by atoms with E-state index in [9.17, 15) is 0 Å². The molecule has 21 heavy (non-hydrogen) atoms. The largest absolute Gasteiger partial charge is 0.0850 e. The van der Waals surface area contributed by atoms with E-state index in [1.165, 1.54) is 69.8 Å². The fraction of sp³-hybridized carbons (Fsp3) is 0.619. The minimum atomic E-state index is 1.15. The number of hydrogen-bond acceptors (Lipinski definition) is 0. The van der Waals surface area contributed by atoms with Crippen LogP contribution in [0.4, 0.5) is 0 Å². The molecule has 0 radical (unpaired) electrons. The van der Waals surface area contributed by atoms with Crippen LogP contribution in [-0.2, 0) is 6.42 Å². The Morgan fingerprint density at radius 2 is 1.48 bits per heavy atom. The maximum absolute atomic E-state index is 2.54. The summed E-state index contributed by atoms with van der Waals surface area (Å²) < 4.78 is 0. The SMILES string of the molecule is CCCCCC/C=C(\CCCCCC)Cc1ccccc1. The predicted octanol–water partition coefficient (Wildman–Crippen LogP) is 7.10. The Balaban J connectivity index is 2.42. The quantitative estimate of drug-likeness (QED) is 0.284. The summed E-state index contributed by atoms with van der Waals surface area (Å²) in [6.07, 6.45) is 17.2. The van der Waals surface area contributed by atoms with Gasteiger partial charge in [0.1, 0.15) is 0 Å². The molecule has 1 aromatic carbocycles. The summed E-state index contributed by atoms with van der Waals surface area (Å²) in [5, 5.41) is 0. The second-order valence-corrected chi connectivity index (χ2v) is 6.18. The Bertz CT molecular complexity index is 361. The van der Waals surface area contributed by atoms with Crippen LogP contribution in [0, 0.1) is 0 Å². The molecule has 0 heterocycles. The highest BCUT2D eigenvalue weighted by atomic mass is 14.1. The van der Waals surface area contributed by atoms with Crippen molar-refractivity contribution < 1.29 is 0 Å². The Labute approximate surface area is 132 Å². The third-order valence-electron chi connectivity index (χ3n) is 4.12. The minimum Gasteiger partial charge on any atom is -0.0850 e. The van der Waals surface area contributed by atoms with Gasteiger partial charge in [0.15, 0.2) is 0 Å². The highest BCUT2D eigenvalue weighted by Gasteiger charge is 2.00. The minimum absolute atomic E-state index is 1.15. The number of allylic oxidation sites excluding steroid dienone is 2. The van der Waals surface area contributed by atoms with Crippen molar-refractivity contribution in [1.82, 2.24) is 0 Å². The zero-order chi connectivity index (χ0) is 15.2. The van der Waals surface area contributed by atoms with Gasteiger partial charge in [-0.2, -0.15) is 0 Å². The summed E-state index contributed by atoms with van der Waals surface area (Å²) in [5.41, 5.74) is 3.13. The topological polar surface area (TPSA) is 0 Å². The van der Waals surface area contributed by atoms with Crippen LogP contribution in [0.15, 0.2) is 42.0 Å². The van der Waals surface area contributed by atoms with E-state index in [0.29, 0.717) is 0 Å². The van der Waals surface area contributed by atoms with Crippen molar-refractivity contribution in [3.63, 3.8) is 0 Å². The highest BCUT2D eigenvalue weighted by Crippen LogP contribution is 2.17. The fourth-order valence-electron chi connectivity index (χ4n) is 2.78. The van der Waals surface area contributed by atoms with Crippen molar-refractivity contribution in [2.24, 2.45) is 0 Å². The van der Waals surface area contributed by atoms with Gasteiger partial charge in [-0.05, 0) is 37.7 Å². The van der Waals surface area contributed by atoms with Crippen molar-refractivity contribution in [3.05, 3.63) is 47.5 Å². The lowest BCUT2D eigenvalue weighted by molar-refractivity contribution is 0.651. The van der Waals surface area contributed by atoms with Crippen molar-refractivity contribution >= 4 is 0 Å². The Kier molecular flexibility index (Phi) is 10.9. The lowest BCUT2D eigenvalue weighted by Crippen LogP contribution is -1.92. The highest BCUT2D eigenvalue weighted by molar-refractivity contribution is 5.21. The van der Waals surface area contributed by atoms with Gasteiger partial charge in [0.05, 0.1) is 0 Å². The molecular weight excluding hydrogens is 252 g/mol. The lowest BCUT2D eigenvalue weighted by Gasteiger charge is -2.08. The average molecular weight is 287 g/mol. The first kappa shape index (κ1) is 18.0. The van der Waals surface area contributed by atoms with Crippen molar-refractivity contribution in [2.75, 3.05) is 0 Å². The molecule has 0 atom stereocenters. The monoisotopic (exact) mass is 286 g/mol. The molecule has 118 valence electrons. The van der Waals surface area contributed by atoms with E-state index in [0.717, 1.165) is 6.42 Å². The summed E-state index contributed by atoms with van der Waals surface area (Å²) in [7, 11) is 0. The molecule has 0 spiro atoms. The molecule has 0 amide bonds. The third kappa shape index (κ3) is 9.50. The average Bonchev–Trinajstić information content (AvgIpc) is 2.52. The van der Waals surface area contributed by atoms with Gasteiger partial charge in [0.2, 0.25) is 0 Å². The van der Waals surface area contributed by atoms with Crippen LogP contribution in [0.25, 0.3) is 0 Å². The van der Waals surface area contributed by atoms with Gasteiger partial charge in [0, 0.05) is 0 Å². The zero-order valence-electron chi connectivity index (χ0n) is 14.2. The smallest absolute Gasteiger partial charge is 0.00671 e. The number of benzene rings is 1. The molecule has 0 bridgehead atoms. The number of unbranched alkanes of at least 4 members (excludes halogenated alkanes) is 7. The number of hydrogen-bond donors (Lipinski definition) is 0. The first-order valence-electron chi connectivity index (χ1n) is 9.08. The summed E-state index contributed by atoms with van der Waals surface area (Å²) in [6, 6.07) is 10.9. The predicted molar refractivity (Wildman–Crippen MR) is 95.7 cm³/mol. The molecule has 0 aliphatic carbocycles. The van der Waals surface area contributed by atoms with E-state index in [4.69, 9.17) is 0 Å². The Morgan fingerprint density at radius 1 is 0.810 bits per heavy atom. The first-order chi connectivity index (χ1) is 10.4. The van der Waals surface area contributed by atoms with Crippen LogP contribution in [0.2, 0.25) is 0 Å². The molecule has 0 heteroatoms. The van der Waals surface area contributed by atoms with E-state index in [-0.39, 0.29) is 0 Å². The number of rotatable bonds is 12. The first-order valence-corrected chi connectivity index (χ1v) is 9.08. The molecule has 0 aromatic heterocycles. The van der Waals surface area contributed by atoms with Gasteiger partial charge in [-0.3, -0.25) is 0 Å². The molecule has 0 aliphatic rings. The van der Waals surface area contributed by atoms with Crippen molar-refractivity contribution in [3.8, 4) is 0 Å². The van der Waals surface area contributed by atoms with Gasteiger partial charge in [-0.15, -0.1) is 0 Å². The second-order valence-electron chi connectivity index (χ2n) is 6.18. The van der Waals surface area contributed by atoms with Crippen molar-refractivity contribution in [1.29, 1.82) is 0 Å². The molecule has 0 N–H and O–H groups in total. The van der Waals surface area contributed by atoms with Crippen LogP contribution in [-0.4, -0.2) is 0 Å². The maximum atomic E-state index is 2.54. The maximum Gasteiger partial charge on any atom is -0.00671 e. The molecular formula is C21H34. The summed E-state index contributed by atoms with van der Waals surface area (Å²) in [6.45, 7) is 4.57. The van der Waals surface area contributed by atoms with E-state index in [2.05, 4.69) is 50.3 Å². The van der Waals surface area contributed by atoms with E-state index in [1.807, 2.05) is 0 Å².